The molecule has 0 radical (unpaired) electrons. The van der Waals surface area contributed by atoms with Crippen LogP contribution in [-0.2, 0) is 9.59 Å². The monoisotopic (exact) mass is 453 g/mol. The van der Waals surface area contributed by atoms with Crippen LogP contribution in [0.4, 0.5) is 11.4 Å². The molecule has 166 valence electrons. The van der Waals surface area contributed by atoms with E-state index in [9.17, 15) is 9.59 Å². The molecule has 9 heteroatoms. The van der Waals surface area contributed by atoms with Crippen molar-refractivity contribution in [2.75, 3.05) is 31.0 Å². The molecule has 0 bridgehead atoms. The molecular formula is C23H23N3O5S. The molecule has 2 aromatic carbocycles. The lowest BCUT2D eigenvalue weighted by Gasteiger charge is -2.33. The number of hydrogen-bond donors (Lipinski definition) is 1. The van der Waals surface area contributed by atoms with E-state index in [1.807, 2.05) is 24.4 Å². The van der Waals surface area contributed by atoms with Gasteiger partial charge in [-0.05, 0) is 44.2 Å². The van der Waals surface area contributed by atoms with E-state index < -0.39 is 6.10 Å². The molecule has 32 heavy (non-hydrogen) atoms. The number of hydrogen-bond acceptors (Lipinski definition) is 7. The average Bonchev–Trinajstić information content (AvgIpc) is 3.22. The highest BCUT2D eigenvalue weighted by Gasteiger charge is 2.33. The van der Waals surface area contributed by atoms with Crippen molar-refractivity contribution >= 4 is 34.5 Å². The molecule has 0 spiro atoms. The van der Waals surface area contributed by atoms with E-state index in [0.717, 1.165) is 16.3 Å². The summed E-state index contributed by atoms with van der Waals surface area (Å²) in [7, 11) is 3.06. The number of benzene rings is 2. The highest BCUT2D eigenvalue weighted by atomic mass is 32.1. The molecule has 0 saturated heterocycles. The first-order valence-electron chi connectivity index (χ1n) is 9.96. The Hall–Kier alpha value is -3.59. The van der Waals surface area contributed by atoms with Crippen LogP contribution in [-0.4, -0.2) is 43.7 Å². The third-order valence-electron chi connectivity index (χ3n) is 5.06. The first-order chi connectivity index (χ1) is 15.4. The first-order valence-corrected chi connectivity index (χ1v) is 10.8. The second-order valence-electron chi connectivity index (χ2n) is 7.23. The molecule has 8 nitrogen and oxygen atoms in total. The standard InChI is InChI=1S/C23H23N3O5S/c1-13-23(28)26(11-22(27)25-17-10-16(29-3)6-8-20(17)30-4)19-9-15(5-7-21(19)31-13)18-12-32-14(2)24-18/h5-10,12-13H,11H2,1-4H3,(H,25,27). The molecular weight excluding hydrogens is 430 g/mol. The maximum absolute atomic E-state index is 12.9. The number of nitrogens with zero attached hydrogens (tertiary/aromatic N) is 2. The van der Waals surface area contributed by atoms with Crippen LogP contribution in [0.2, 0.25) is 0 Å². The van der Waals surface area contributed by atoms with Crippen LogP contribution in [0.5, 0.6) is 17.2 Å². The largest absolute Gasteiger partial charge is 0.497 e. The van der Waals surface area contributed by atoms with Gasteiger partial charge in [0.1, 0.15) is 23.8 Å². The van der Waals surface area contributed by atoms with Crippen LogP contribution < -0.4 is 24.4 Å². The number of aromatic nitrogens is 1. The lowest BCUT2D eigenvalue weighted by Crippen LogP contribution is -2.47. The van der Waals surface area contributed by atoms with Crippen LogP contribution in [0.15, 0.2) is 41.8 Å². The minimum Gasteiger partial charge on any atom is -0.497 e. The summed E-state index contributed by atoms with van der Waals surface area (Å²) in [6.45, 7) is 3.42. The van der Waals surface area contributed by atoms with Gasteiger partial charge < -0.3 is 19.5 Å². The molecule has 0 aliphatic carbocycles. The number of rotatable bonds is 6. The SMILES string of the molecule is COc1ccc(OC)c(NC(=O)CN2C(=O)C(C)Oc3ccc(-c4csc(C)n4)cc32)c1. The fourth-order valence-electron chi connectivity index (χ4n) is 3.47. The van der Waals surface area contributed by atoms with E-state index in [0.29, 0.717) is 28.6 Å². The molecule has 4 rings (SSSR count). The Morgan fingerprint density at radius 3 is 2.72 bits per heavy atom. The van der Waals surface area contributed by atoms with Gasteiger partial charge in [0.2, 0.25) is 5.91 Å². The molecule has 2 amide bonds. The maximum atomic E-state index is 12.9. The highest BCUT2D eigenvalue weighted by Crippen LogP contribution is 2.38. The normalized spacial score (nSPS) is 15.1. The summed E-state index contributed by atoms with van der Waals surface area (Å²) in [5.74, 6) is 0.935. The van der Waals surface area contributed by atoms with E-state index in [1.165, 1.54) is 12.0 Å². The quantitative estimate of drug-likeness (QED) is 0.609. The van der Waals surface area contributed by atoms with E-state index >= 15 is 0 Å². The van der Waals surface area contributed by atoms with E-state index in [1.54, 1.807) is 49.6 Å². The van der Waals surface area contributed by atoms with Crippen molar-refractivity contribution in [3.05, 3.63) is 46.8 Å². The Morgan fingerprint density at radius 1 is 1.22 bits per heavy atom. The van der Waals surface area contributed by atoms with Gasteiger partial charge in [-0.2, -0.15) is 0 Å². The van der Waals surface area contributed by atoms with Gasteiger partial charge in [0.05, 0.1) is 36.3 Å². The molecule has 0 fully saturated rings. The van der Waals surface area contributed by atoms with Crippen molar-refractivity contribution in [2.45, 2.75) is 20.0 Å². The van der Waals surface area contributed by atoms with Gasteiger partial charge in [-0.1, -0.05) is 0 Å². The van der Waals surface area contributed by atoms with Crippen molar-refractivity contribution in [3.63, 3.8) is 0 Å². The molecule has 1 aromatic heterocycles. The number of anilines is 2. The van der Waals surface area contributed by atoms with E-state index in [-0.39, 0.29) is 18.4 Å². The van der Waals surface area contributed by atoms with Crippen LogP contribution in [0.25, 0.3) is 11.3 Å². The summed E-state index contributed by atoms with van der Waals surface area (Å²) in [6.07, 6.45) is -0.700. The van der Waals surface area contributed by atoms with Crippen LogP contribution in [0, 0.1) is 6.92 Å². The average molecular weight is 454 g/mol. The number of aryl methyl sites for hydroxylation is 1. The molecule has 0 saturated carbocycles. The lowest BCUT2D eigenvalue weighted by atomic mass is 10.1. The summed E-state index contributed by atoms with van der Waals surface area (Å²) < 4.78 is 16.3. The van der Waals surface area contributed by atoms with Gasteiger partial charge in [-0.3, -0.25) is 14.5 Å². The van der Waals surface area contributed by atoms with Crippen molar-refractivity contribution < 1.29 is 23.8 Å². The molecule has 1 N–H and O–H groups in total. The minimum absolute atomic E-state index is 0.181. The molecule has 1 atom stereocenters. The third kappa shape index (κ3) is 4.24. The van der Waals surface area contributed by atoms with E-state index in [4.69, 9.17) is 14.2 Å². The van der Waals surface area contributed by atoms with Gasteiger partial charge in [0, 0.05) is 17.0 Å². The molecule has 1 aliphatic heterocycles. The third-order valence-corrected chi connectivity index (χ3v) is 5.84. The topological polar surface area (TPSA) is 90.0 Å². The summed E-state index contributed by atoms with van der Waals surface area (Å²) in [4.78, 5) is 31.8. The number of carbonyl (C=O) groups is 2. The lowest BCUT2D eigenvalue weighted by molar-refractivity contribution is -0.127. The smallest absolute Gasteiger partial charge is 0.268 e. The van der Waals surface area contributed by atoms with Gasteiger partial charge >= 0.3 is 0 Å². The number of ether oxygens (including phenoxy) is 3. The first kappa shape index (κ1) is 21.6. The second-order valence-corrected chi connectivity index (χ2v) is 8.30. The summed E-state index contributed by atoms with van der Waals surface area (Å²) in [5, 5.41) is 5.71. The van der Waals surface area contributed by atoms with Crippen molar-refractivity contribution in [3.8, 4) is 28.5 Å². The molecule has 2 heterocycles. The van der Waals surface area contributed by atoms with Crippen molar-refractivity contribution in [1.82, 2.24) is 4.98 Å². The summed E-state index contributed by atoms with van der Waals surface area (Å²) in [6, 6.07) is 10.6. The number of methoxy groups -OCH3 is 2. The fraction of sp³-hybridized carbons (Fsp3) is 0.261. The molecule has 1 aliphatic rings. The number of nitrogens with one attached hydrogen (secondary N) is 1. The number of fused-ring (bicyclic) bond motifs is 1. The number of amides is 2. The Morgan fingerprint density at radius 2 is 2.03 bits per heavy atom. The Kier molecular flexibility index (Phi) is 6.00. The van der Waals surface area contributed by atoms with Gasteiger partial charge in [-0.15, -0.1) is 11.3 Å². The van der Waals surface area contributed by atoms with Crippen molar-refractivity contribution in [2.24, 2.45) is 0 Å². The predicted molar refractivity (Wildman–Crippen MR) is 123 cm³/mol. The van der Waals surface area contributed by atoms with Crippen LogP contribution >= 0.6 is 11.3 Å². The fourth-order valence-corrected chi connectivity index (χ4v) is 4.09. The second kappa shape index (κ2) is 8.88. The summed E-state index contributed by atoms with van der Waals surface area (Å²) in [5.41, 5.74) is 2.65. The Bertz CT molecular complexity index is 1180. The van der Waals surface area contributed by atoms with Crippen LogP contribution in [0.3, 0.4) is 0 Å². The Labute approximate surface area is 189 Å². The molecule has 3 aromatic rings. The van der Waals surface area contributed by atoms with E-state index in [2.05, 4.69) is 10.3 Å². The maximum Gasteiger partial charge on any atom is 0.268 e. The zero-order chi connectivity index (χ0) is 22.8. The van der Waals surface area contributed by atoms with Crippen molar-refractivity contribution in [1.29, 1.82) is 0 Å². The van der Waals surface area contributed by atoms with Gasteiger partial charge in [0.15, 0.2) is 6.10 Å². The molecule has 1 unspecified atom stereocenters. The van der Waals surface area contributed by atoms with Gasteiger partial charge in [-0.25, -0.2) is 4.98 Å². The zero-order valence-electron chi connectivity index (χ0n) is 18.2. The number of thiazole rings is 1. The summed E-state index contributed by atoms with van der Waals surface area (Å²) >= 11 is 1.55. The number of carbonyl (C=O) groups excluding carboxylic acids is 2. The highest BCUT2D eigenvalue weighted by molar-refractivity contribution is 7.09. The van der Waals surface area contributed by atoms with Crippen LogP contribution in [0.1, 0.15) is 11.9 Å². The van der Waals surface area contributed by atoms with Gasteiger partial charge in [0.25, 0.3) is 5.91 Å². The predicted octanol–water partition coefficient (Wildman–Crippen LogP) is 3.89. The Balaban J connectivity index is 1.62. The zero-order valence-corrected chi connectivity index (χ0v) is 19.0. The minimum atomic E-state index is -0.700.